The number of hydrogen-bond donors (Lipinski definition) is 1. The number of hydrogen-bond acceptors (Lipinski definition) is 2. The van der Waals surface area contributed by atoms with E-state index < -0.39 is 0 Å². The first-order chi connectivity index (χ1) is 9.24. The predicted octanol–water partition coefficient (Wildman–Crippen LogP) is 4.20. The van der Waals surface area contributed by atoms with Gasteiger partial charge >= 0.3 is 0 Å². The lowest BCUT2D eigenvalue weighted by Gasteiger charge is -2.17. The molecule has 2 rings (SSSR count). The van der Waals surface area contributed by atoms with Crippen molar-refractivity contribution >= 4 is 27.5 Å². The number of benzene rings is 1. The molecule has 1 aromatic carbocycles. The second-order valence-electron chi connectivity index (χ2n) is 5.21. The fourth-order valence-corrected chi connectivity index (χ4v) is 3.80. The highest BCUT2D eigenvalue weighted by Gasteiger charge is 2.25. The van der Waals surface area contributed by atoms with E-state index in [-0.39, 0.29) is 0 Å². The Labute approximate surface area is 129 Å². The summed E-state index contributed by atoms with van der Waals surface area (Å²) in [5.41, 5.74) is 1.27. The van der Waals surface area contributed by atoms with Crippen molar-refractivity contribution in [1.29, 1.82) is 0 Å². The minimum Gasteiger partial charge on any atom is -0.496 e. The summed E-state index contributed by atoms with van der Waals surface area (Å²) >= 11 is 9.52. The van der Waals surface area contributed by atoms with Gasteiger partial charge in [-0.25, -0.2) is 0 Å². The van der Waals surface area contributed by atoms with Gasteiger partial charge in [0.05, 0.1) is 11.6 Å². The van der Waals surface area contributed by atoms with E-state index in [1.54, 1.807) is 7.11 Å². The van der Waals surface area contributed by atoms with E-state index in [1.165, 1.54) is 24.8 Å². The number of ether oxygens (including phenoxy) is 1. The lowest BCUT2D eigenvalue weighted by atomic mass is 9.98. The SMILES string of the molecule is COc1ccc(CNCC2CCCC2CCl)cc1Br. The zero-order chi connectivity index (χ0) is 13.7. The first-order valence-corrected chi connectivity index (χ1v) is 8.16. The molecule has 0 aromatic heterocycles. The average molecular weight is 347 g/mol. The van der Waals surface area contributed by atoms with Gasteiger partial charge in [0.1, 0.15) is 5.75 Å². The third kappa shape index (κ3) is 4.11. The smallest absolute Gasteiger partial charge is 0.133 e. The molecule has 0 saturated heterocycles. The van der Waals surface area contributed by atoms with Gasteiger partial charge in [-0.05, 0) is 64.8 Å². The Kier molecular flexibility index (Phi) is 5.99. The molecule has 4 heteroatoms. The highest BCUT2D eigenvalue weighted by Crippen LogP contribution is 2.32. The fraction of sp³-hybridized carbons (Fsp3) is 0.600. The Bertz CT molecular complexity index is 413. The van der Waals surface area contributed by atoms with Crippen molar-refractivity contribution in [1.82, 2.24) is 5.32 Å². The molecule has 2 unspecified atom stereocenters. The maximum Gasteiger partial charge on any atom is 0.133 e. The second-order valence-corrected chi connectivity index (χ2v) is 6.37. The molecule has 0 spiro atoms. The zero-order valence-corrected chi connectivity index (χ0v) is 13.6. The highest BCUT2D eigenvalue weighted by atomic mass is 79.9. The molecule has 0 aliphatic heterocycles. The summed E-state index contributed by atoms with van der Waals surface area (Å²) in [4.78, 5) is 0. The van der Waals surface area contributed by atoms with Gasteiger partial charge in [-0.2, -0.15) is 0 Å². The Morgan fingerprint density at radius 1 is 1.37 bits per heavy atom. The van der Waals surface area contributed by atoms with Crippen LogP contribution in [0.2, 0.25) is 0 Å². The summed E-state index contributed by atoms with van der Waals surface area (Å²) in [7, 11) is 1.68. The third-order valence-electron chi connectivity index (χ3n) is 3.97. The van der Waals surface area contributed by atoms with Crippen molar-refractivity contribution in [3.63, 3.8) is 0 Å². The van der Waals surface area contributed by atoms with Crippen LogP contribution in [0.25, 0.3) is 0 Å². The molecule has 0 amide bonds. The maximum absolute atomic E-state index is 6.00. The molecule has 0 heterocycles. The van der Waals surface area contributed by atoms with Crippen molar-refractivity contribution < 1.29 is 4.74 Å². The van der Waals surface area contributed by atoms with E-state index in [4.69, 9.17) is 16.3 Å². The summed E-state index contributed by atoms with van der Waals surface area (Å²) in [6.07, 6.45) is 3.94. The molecule has 1 saturated carbocycles. The molecular formula is C15H21BrClNO. The molecule has 1 fully saturated rings. The molecule has 19 heavy (non-hydrogen) atoms. The van der Waals surface area contributed by atoms with E-state index in [0.717, 1.165) is 35.1 Å². The minimum absolute atomic E-state index is 0.705. The third-order valence-corrected chi connectivity index (χ3v) is 4.98. The van der Waals surface area contributed by atoms with Crippen molar-refractivity contribution in [2.45, 2.75) is 25.8 Å². The Morgan fingerprint density at radius 3 is 2.84 bits per heavy atom. The van der Waals surface area contributed by atoms with Crippen LogP contribution in [0, 0.1) is 11.8 Å². The molecule has 2 atom stereocenters. The van der Waals surface area contributed by atoms with Crippen molar-refractivity contribution in [3.05, 3.63) is 28.2 Å². The monoisotopic (exact) mass is 345 g/mol. The summed E-state index contributed by atoms with van der Waals surface area (Å²) in [5, 5.41) is 3.55. The fourth-order valence-electron chi connectivity index (χ4n) is 2.81. The van der Waals surface area contributed by atoms with Crippen molar-refractivity contribution in [2.75, 3.05) is 19.5 Å². The van der Waals surface area contributed by atoms with Crippen molar-refractivity contribution in [2.24, 2.45) is 11.8 Å². The van der Waals surface area contributed by atoms with E-state index in [1.807, 2.05) is 6.07 Å². The highest BCUT2D eigenvalue weighted by molar-refractivity contribution is 9.10. The van der Waals surface area contributed by atoms with Crippen LogP contribution in [-0.2, 0) is 6.54 Å². The largest absolute Gasteiger partial charge is 0.496 e. The lowest BCUT2D eigenvalue weighted by molar-refractivity contribution is 0.395. The first kappa shape index (κ1) is 15.1. The van der Waals surface area contributed by atoms with Crippen LogP contribution in [-0.4, -0.2) is 19.5 Å². The topological polar surface area (TPSA) is 21.3 Å². The predicted molar refractivity (Wildman–Crippen MR) is 84.0 cm³/mol. The van der Waals surface area contributed by atoms with Gasteiger partial charge in [-0.1, -0.05) is 12.5 Å². The molecular weight excluding hydrogens is 326 g/mol. The second kappa shape index (κ2) is 7.51. The summed E-state index contributed by atoms with van der Waals surface area (Å²) < 4.78 is 6.24. The Hall–Kier alpha value is -0.250. The van der Waals surface area contributed by atoms with Crippen LogP contribution >= 0.6 is 27.5 Å². The molecule has 106 valence electrons. The molecule has 2 nitrogen and oxygen atoms in total. The van der Waals surface area contributed by atoms with E-state index in [0.29, 0.717) is 5.92 Å². The molecule has 0 radical (unpaired) electrons. The quantitative estimate of drug-likeness (QED) is 0.779. The molecule has 1 aliphatic rings. The van der Waals surface area contributed by atoms with E-state index in [9.17, 15) is 0 Å². The van der Waals surface area contributed by atoms with Gasteiger partial charge < -0.3 is 10.1 Å². The molecule has 1 aromatic rings. The van der Waals surface area contributed by atoms with Gasteiger partial charge in [0.15, 0.2) is 0 Å². The van der Waals surface area contributed by atoms with Gasteiger partial charge in [0.2, 0.25) is 0 Å². The van der Waals surface area contributed by atoms with Crippen LogP contribution in [0.15, 0.2) is 22.7 Å². The Balaban J connectivity index is 1.81. The number of methoxy groups -OCH3 is 1. The maximum atomic E-state index is 6.00. The van der Waals surface area contributed by atoms with Gasteiger partial charge in [-0.3, -0.25) is 0 Å². The summed E-state index contributed by atoms with van der Waals surface area (Å²) in [5.74, 6) is 3.14. The van der Waals surface area contributed by atoms with Gasteiger partial charge in [0.25, 0.3) is 0 Å². The number of nitrogens with one attached hydrogen (secondary N) is 1. The van der Waals surface area contributed by atoms with Crippen LogP contribution in [0.4, 0.5) is 0 Å². The number of alkyl halides is 1. The summed E-state index contributed by atoms with van der Waals surface area (Å²) in [6.45, 7) is 1.97. The van der Waals surface area contributed by atoms with Crippen LogP contribution < -0.4 is 10.1 Å². The lowest BCUT2D eigenvalue weighted by Crippen LogP contribution is -2.25. The van der Waals surface area contributed by atoms with Crippen molar-refractivity contribution in [3.8, 4) is 5.75 Å². The molecule has 1 aliphatic carbocycles. The standard InChI is InChI=1S/C15H21BrClNO/c1-19-15-6-5-11(7-14(15)16)9-18-10-13-4-2-3-12(13)8-17/h5-7,12-13,18H,2-4,8-10H2,1H3. The van der Waals surface area contributed by atoms with Crippen LogP contribution in [0.5, 0.6) is 5.75 Å². The normalized spacial score (nSPS) is 22.7. The summed E-state index contributed by atoms with van der Waals surface area (Å²) in [6, 6.07) is 6.21. The Morgan fingerprint density at radius 2 is 2.16 bits per heavy atom. The minimum atomic E-state index is 0.705. The van der Waals surface area contributed by atoms with E-state index in [2.05, 4.69) is 33.4 Å². The average Bonchev–Trinajstić information content (AvgIpc) is 2.86. The van der Waals surface area contributed by atoms with Crippen LogP contribution in [0.1, 0.15) is 24.8 Å². The van der Waals surface area contributed by atoms with Gasteiger partial charge in [0, 0.05) is 12.4 Å². The zero-order valence-electron chi connectivity index (χ0n) is 11.3. The van der Waals surface area contributed by atoms with E-state index >= 15 is 0 Å². The van der Waals surface area contributed by atoms with Gasteiger partial charge in [-0.15, -0.1) is 11.6 Å². The van der Waals surface area contributed by atoms with Crippen LogP contribution in [0.3, 0.4) is 0 Å². The molecule has 0 bridgehead atoms. The first-order valence-electron chi connectivity index (χ1n) is 6.83. The molecule has 1 N–H and O–H groups in total. The number of rotatable bonds is 6. The number of halogens is 2.